The first kappa shape index (κ1) is 16.7. The number of sulfonamides is 1. The number of carbonyl (C=O) groups is 1. The topological polar surface area (TPSA) is 106 Å². The second-order valence-electron chi connectivity index (χ2n) is 7.45. The molecule has 0 bridgehead atoms. The number of hydrogen-bond acceptors (Lipinski definition) is 4. The molecule has 4 unspecified atom stereocenters. The van der Waals surface area contributed by atoms with E-state index in [1.54, 1.807) is 0 Å². The number of amides is 1. The molecule has 2 fully saturated rings. The fourth-order valence-corrected chi connectivity index (χ4v) is 5.36. The van der Waals surface area contributed by atoms with Crippen molar-refractivity contribution in [2.45, 2.75) is 39.7 Å². The normalized spacial score (nSPS) is 36.4. The van der Waals surface area contributed by atoms with Gasteiger partial charge in [-0.2, -0.15) is 0 Å². The van der Waals surface area contributed by atoms with Crippen molar-refractivity contribution in [2.75, 3.05) is 18.8 Å². The molecule has 21 heavy (non-hydrogen) atoms. The summed E-state index contributed by atoms with van der Waals surface area (Å²) in [4.78, 5) is 14.2. The van der Waals surface area contributed by atoms with Crippen LogP contribution in [0.15, 0.2) is 0 Å². The molecule has 1 aliphatic carbocycles. The minimum atomic E-state index is -3.54. The molecular weight excluding hydrogens is 290 g/mol. The lowest BCUT2D eigenvalue weighted by Gasteiger charge is -2.35. The number of nitrogens with two attached hydrogens (primary N) is 2. The van der Waals surface area contributed by atoms with E-state index < -0.39 is 10.0 Å². The van der Waals surface area contributed by atoms with Crippen molar-refractivity contribution in [1.82, 2.24) is 4.90 Å². The minimum absolute atomic E-state index is 0.0386. The molecule has 1 saturated carbocycles. The van der Waals surface area contributed by atoms with E-state index in [0.29, 0.717) is 19.0 Å². The lowest BCUT2D eigenvalue weighted by Crippen LogP contribution is -2.46. The number of carbonyl (C=O) groups excluding carboxylic acids is 1. The molecule has 122 valence electrons. The van der Waals surface area contributed by atoms with E-state index in [4.69, 9.17) is 10.9 Å². The molecule has 6 nitrogen and oxygen atoms in total. The Labute approximate surface area is 127 Å². The first-order chi connectivity index (χ1) is 9.55. The summed E-state index contributed by atoms with van der Waals surface area (Å²) in [7, 11) is -3.54. The average Bonchev–Trinajstić information content (AvgIpc) is 2.72. The van der Waals surface area contributed by atoms with Gasteiger partial charge < -0.3 is 10.6 Å². The van der Waals surface area contributed by atoms with E-state index in [9.17, 15) is 13.2 Å². The van der Waals surface area contributed by atoms with E-state index in [2.05, 4.69) is 20.8 Å². The van der Waals surface area contributed by atoms with Gasteiger partial charge in [0.15, 0.2) is 0 Å². The average molecular weight is 317 g/mol. The van der Waals surface area contributed by atoms with Crippen LogP contribution in [0.5, 0.6) is 0 Å². The first-order valence-electron chi connectivity index (χ1n) is 7.55. The Morgan fingerprint density at radius 1 is 1.38 bits per heavy atom. The van der Waals surface area contributed by atoms with Crippen LogP contribution < -0.4 is 10.9 Å². The van der Waals surface area contributed by atoms with Crippen LogP contribution in [0.4, 0.5) is 0 Å². The van der Waals surface area contributed by atoms with Crippen LogP contribution in [0.25, 0.3) is 0 Å². The molecule has 2 aliphatic rings. The number of likely N-dealkylation sites (tertiary alicyclic amines) is 1. The molecule has 1 saturated heterocycles. The Morgan fingerprint density at radius 2 is 2.00 bits per heavy atom. The van der Waals surface area contributed by atoms with E-state index in [-0.39, 0.29) is 41.4 Å². The van der Waals surface area contributed by atoms with Gasteiger partial charge in [0.05, 0.1) is 5.75 Å². The summed E-state index contributed by atoms with van der Waals surface area (Å²) >= 11 is 0. The summed E-state index contributed by atoms with van der Waals surface area (Å²) in [6.07, 6.45) is 1.31. The molecule has 0 spiro atoms. The molecule has 0 aromatic heterocycles. The quantitative estimate of drug-likeness (QED) is 0.768. The summed E-state index contributed by atoms with van der Waals surface area (Å²) in [6.45, 7) is 7.58. The summed E-state index contributed by atoms with van der Waals surface area (Å²) in [5.74, 6) is 0.362. The van der Waals surface area contributed by atoms with Gasteiger partial charge in [0, 0.05) is 24.9 Å². The second-order valence-corrected chi connectivity index (χ2v) is 9.11. The first-order valence-corrected chi connectivity index (χ1v) is 9.26. The number of rotatable bonds is 4. The van der Waals surface area contributed by atoms with Gasteiger partial charge in [0.1, 0.15) is 0 Å². The molecule has 1 heterocycles. The fraction of sp³-hybridized carbons (Fsp3) is 0.929. The SMILES string of the molecule is CC1CC(C)(C)C(CN)C1N1CC(CS(N)(=O)=O)CC1=O. The maximum absolute atomic E-state index is 12.3. The molecule has 1 amide bonds. The van der Waals surface area contributed by atoms with E-state index in [0.717, 1.165) is 6.42 Å². The zero-order valence-electron chi connectivity index (χ0n) is 13.1. The van der Waals surface area contributed by atoms with Gasteiger partial charge in [-0.15, -0.1) is 0 Å². The van der Waals surface area contributed by atoms with Gasteiger partial charge >= 0.3 is 0 Å². The predicted molar refractivity (Wildman–Crippen MR) is 81.7 cm³/mol. The number of primary sulfonamides is 1. The van der Waals surface area contributed by atoms with Gasteiger partial charge in [-0.25, -0.2) is 13.6 Å². The second kappa shape index (κ2) is 5.52. The van der Waals surface area contributed by atoms with Crippen molar-refractivity contribution in [1.29, 1.82) is 0 Å². The zero-order valence-corrected chi connectivity index (χ0v) is 13.9. The standard InChI is InChI=1S/C14H27N3O3S/c1-9-5-14(2,3)11(6-15)13(9)17-7-10(4-12(17)18)8-21(16,19)20/h9-11,13H,4-8,15H2,1-3H3,(H2,16,19,20). The highest BCUT2D eigenvalue weighted by Crippen LogP contribution is 2.48. The molecule has 1 aliphatic heterocycles. The van der Waals surface area contributed by atoms with Crippen molar-refractivity contribution in [3.8, 4) is 0 Å². The summed E-state index contributed by atoms with van der Waals surface area (Å²) in [6, 6.07) is 0.114. The van der Waals surface area contributed by atoms with Crippen LogP contribution in [-0.2, 0) is 14.8 Å². The van der Waals surface area contributed by atoms with Gasteiger partial charge in [0.25, 0.3) is 0 Å². The van der Waals surface area contributed by atoms with E-state index >= 15 is 0 Å². The summed E-state index contributed by atoms with van der Waals surface area (Å²) in [5.41, 5.74) is 6.07. The van der Waals surface area contributed by atoms with Crippen LogP contribution in [0, 0.1) is 23.2 Å². The molecule has 0 aromatic carbocycles. The van der Waals surface area contributed by atoms with Gasteiger partial charge in [-0.05, 0) is 30.2 Å². The molecule has 7 heteroatoms. The fourth-order valence-electron chi connectivity index (χ4n) is 4.48. The third-order valence-corrected chi connectivity index (χ3v) is 6.10. The van der Waals surface area contributed by atoms with Crippen LogP contribution in [0.2, 0.25) is 0 Å². The van der Waals surface area contributed by atoms with E-state index in [1.807, 2.05) is 4.90 Å². The van der Waals surface area contributed by atoms with Gasteiger partial charge in [0.2, 0.25) is 15.9 Å². The Balaban J connectivity index is 2.16. The highest BCUT2D eigenvalue weighted by molar-refractivity contribution is 7.89. The number of nitrogens with zero attached hydrogens (tertiary/aromatic N) is 1. The molecule has 4 N–H and O–H groups in total. The summed E-state index contributed by atoms with van der Waals surface area (Å²) in [5, 5.41) is 5.11. The van der Waals surface area contributed by atoms with Crippen molar-refractivity contribution in [3.63, 3.8) is 0 Å². The Bertz CT molecular complexity index is 518. The highest BCUT2D eigenvalue weighted by atomic mass is 32.2. The third-order valence-electron chi connectivity index (χ3n) is 5.17. The Morgan fingerprint density at radius 3 is 2.52 bits per heavy atom. The van der Waals surface area contributed by atoms with Crippen LogP contribution >= 0.6 is 0 Å². The predicted octanol–water partition coefficient (Wildman–Crippen LogP) is 0.133. The molecule has 0 radical (unpaired) electrons. The van der Waals surface area contributed by atoms with E-state index in [1.165, 1.54) is 0 Å². The van der Waals surface area contributed by atoms with Crippen molar-refractivity contribution >= 4 is 15.9 Å². The molecule has 0 aromatic rings. The van der Waals surface area contributed by atoms with Gasteiger partial charge in [-0.1, -0.05) is 20.8 Å². The Kier molecular flexibility index (Phi) is 4.39. The van der Waals surface area contributed by atoms with Crippen LogP contribution in [0.3, 0.4) is 0 Å². The third kappa shape index (κ3) is 3.40. The van der Waals surface area contributed by atoms with Crippen molar-refractivity contribution < 1.29 is 13.2 Å². The minimum Gasteiger partial charge on any atom is -0.339 e. The molecule has 2 rings (SSSR count). The Hall–Kier alpha value is -0.660. The number of hydrogen-bond donors (Lipinski definition) is 2. The van der Waals surface area contributed by atoms with Crippen LogP contribution in [-0.4, -0.2) is 44.1 Å². The lowest BCUT2D eigenvalue weighted by molar-refractivity contribution is -0.131. The van der Waals surface area contributed by atoms with Crippen molar-refractivity contribution in [3.05, 3.63) is 0 Å². The largest absolute Gasteiger partial charge is 0.339 e. The van der Waals surface area contributed by atoms with Crippen LogP contribution in [0.1, 0.15) is 33.6 Å². The monoisotopic (exact) mass is 317 g/mol. The lowest BCUT2D eigenvalue weighted by atomic mass is 9.80. The zero-order chi connectivity index (χ0) is 16.0. The smallest absolute Gasteiger partial charge is 0.223 e. The summed E-state index contributed by atoms with van der Waals surface area (Å²) < 4.78 is 22.5. The van der Waals surface area contributed by atoms with Crippen molar-refractivity contribution in [2.24, 2.45) is 34.0 Å². The van der Waals surface area contributed by atoms with Gasteiger partial charge in [-0.3, -0.25) is 4.79 Å². The maximum atomic E-state index is 12.3. The molecule has 4 atom stereocenters. The highest BCUT2D eigenvalue weighted by Gasteiger charge is 2.50. The maximum Gasteiger partial charge on any atom is 0.223 e. The molecular formula is C14H27N3O3S.